The van der Waals surface area contributed by atoms with E-state index in [1.807, 2.05) is 48.5 Å². The summed E-state index contributed by atoms with van der Waals surface area (Å²) < 4.78 is 10.6. The molecule has 0 unspecified atom stereocenters. The summed E-state index contributed by atoms with van der Waals surface area (Å²) in [6.45, 7) is 0. The lowest BCUT2D eigenvalue weighted by Gasteiger charge is -2.26. The molecule has 0 spiro atoms. The first-order valence-corrected chi connectivity index (χ1v) is 9.72. The van der Waals surface area contributed by atoms with Crippen molar-refractivity contribution in [3.63, 3.8) is 0 Å². The molecule has 2 N–H and O–H groups in total. The summed E-state index contributed by atoms with van der Waals surface area (Å²) in [5, 5.41) is 0. The molecule has 0 aromatic heterocycles. The van der Waals surface area contributed by atoms with Crippen LogP contribution in [0.5, 0.6) is 11.5 Å². The van der Waals surface area contributed by atoms with Gasteiger partial charge in [-0.2, -0.15) is 0 Å². The second-order valence-corrected chi connectivity index (χ2v) is 6.90. The van der Waals surface area contributed by atoms with E-state index >= 15 is 0 Å². The van der Waals surface area contributed by atoms with Gasteiger partial charge in [-0.1, -0.05) is 24.3 Å². The Morgan fingerprint density at radius 1 is 0.500 bits per heavy atom. The van der Waals surface area contributed by atoms with Crippen molar-refractivity contribution in [3.8, 4) is 22.6 Å². The zero-order valence-electron chi connectivity index (χ0n) is 17.1. The molecule has 150 valence electrons. The van der Waals surface area contributed by atoms with Crippen molar-refractivity contribution in [1.29, 1.82) is 0 Å². The minimum absolute atomic E-state index is 0.764. The molecule has 4 rings (SSSR count). The third-order valence-corrected chi connectivity index (χ3v) is 5.03. The Morgan fingerprint density at radius 2 is 0.833 bits per heavy atom. The largest absolute Gasteiger partial charge is 0.497 e. The molecular weight excluding hydrogens is 372 g/mol. The second kappa shape index (κ2) is 8.62. The number of rotatable bonds is 6. The molecule has 0 saturated carbocycles. The molecule has 0 atom stereocenters. The molecule has 4 aromatic rings. The maximum absolute atomic E-state index is 5.81. The van der Waals surface area contributed by atoms with Gasteiger partial charge in [0, 0.05) is 22.7 Å². The van der Waals surface area contributed by atoms with Crippen LogP contribution in [0.2, 0.25) is 0 Å². The third-order valence-electron chi connectivity index (χ3n) is 5.03. The molecule has 0 saturated heterocycles. The fourth-order valence-corrected chi connectivity index (χ4v) is 3.39. The molecule has 0 heterocycles. The number of hydrogen-bond acceptors (Lipinski definition) is 4. The van der Waals surface area contributed by atoms with E-state index in [-0.39, 0.29) is 0 Å². The van der Waals surface area contributed by atoms with E-state index in [1.54, 1.807) is 14.2 Å². The van der Waals surface area contributed by atoms with Gasteiger partial charge in [-0.25, -0.2) is 0 Å². The van der Waals surface area contributed by atoms with Crippen molar-refractivity contribution < 1.29 is 9.47 Å². The molecule has 0 amide bonds. The van der Waals surface area contributed by atoms with Crippen LogP contribution in [0, 0.1) is 0 Å². The van der Waals surface area contributed by atoms with Crippen LogP contribution < -0.4 is 20.1 Å². The van der Waals surface area contributed by atoms with Gasteiger partial charge in [-0.05, 0) is 83.9 Å². The number of nitrogens with two attached hydrogens (primary N) is 1. The number of nitrogens with zero attached hydrogens (tertiary/aromatic N) is 1. The van der Waals surface area contributed by atoms with Crippen LogP contribution in [0.25, 0.3) is 11.1 Å². The number of benzene rings is 4. The predicted octanol–water partition coefficient (Wildman–Crippen LogP) is 6.42. The standard InChI is InChI=1S/C26H24N2O2/c1-29-25-15-11-23(12-16-25)28(24-13-17-26(30-2)18-14-24)22-9-5-20(6-10-22)19-3-7-21(27)8-4-19/h3-18H,27H2,1-2H3. The fraction of sp³-hybridized carbons (Fsp3) is 0.0769. The first-order valence-electron chi connectivity index (χ1n) is 9.72. The summed E-state index contributed by atoms with van der Waals surface area (Å²) in [4.78, 5) is 2.20. The summed E-state index contributed by atoms with van der Waals surface area (Å²) in [6, 6.07) is 32.5. The Kier molecular flexibility index (Phi) is 5.57. The maximum Gasteiger partial charge on any atom is 0.119 e. The van der Waals surface area contributed by atoms with Crippen molar-refractivity contribution >= 4 is 22.7 Å². The van der Waals surface area contributed by atoms with Gasteiger partial charge in [-0.15, -0.1) is 0 Å². The summed E-state index contributed by atoms with van der Waals surface area (Å²) in [6.07, 6.45) is 0. The van der Waals surface area contributed by atoms with Gasteiger partial charge in [0.05, 0.1) is 14.2 Å². The number of hydrogen-bond donors (Lipinski definition) is 1. The Morgan fingerprint density at radius 3 is 1.20 bits per heavy atom. The number of methoxy groups -OCH3 is 2. The quantitative estimate of drug-likeness (QED) is 0.382. The Labute approximate surface area is 177 Å². The van der Waals surface area contributed by atoms with Gasteiger partial charge < -0.3 is 20.1 Å². The normalized spacial score (nSPS) is 10.5. The van der Waals surface area contributed by atoms with E-state index in [1.165, 1.54) is 0 Å². The zero-order valence-corrected chi connectivity index (χ0v) is 17.1. The van der Waals surface area contributed by atoms with E-state index in [0.717, 1.165) is 45.4 Å². The summed E-state index contributed by atoms with van der Waals surface area (Å²) in [5.74, 6) is 1.65. The van der Waals surface area contributed by atoms with E-state index in [9.17, 15) is 0 Å². The highest BCUT2D eigenvalue weighted by atomic mass is 16.5. The first-order chi connectivity index (χ1) is 14.7. The molecule has 30 heavy (non-hydrogen) atoms. The van der Waals surface area contributed by atoms with Crippen LogP contribution in [0.1, 0.15) is 0 Å². The lowest BCUT2D eigenvalue weighted by molar-refractivity contribution is 0.415. The van der Waals surface area contributed by atoms with Crippen molar-refractivity contribution in [2.75, 3.05) is 24.9 Å². The molecule has 4 aromatic carbocycles. The Hall–Kier alpha value is -3.92. The molecule has 0 bridgehead atoms. The predicted molar refractivity (Wildman–Crippen MR) is 124 cm³/mol. The minimum atomic E-state index is 0.764. The van der Waals surface area contributed by atoms with E-state index in [2.05, 4.69) is 53.4 Å². The lowest BCUT2D eigenvalue weighted by Crippen LogP contribution is -2.09. The highest BCUT2D eigenvalue weighted by Gasteiger charge is 2.13. The summed E-state index contributed by atoms with van der Waals surface area (Å²) in [5.41, 5.74) is 12.0. The molecule has 0 radical (unpaired) electrons. The SMILES string of the molecule is COc1ccc(N(c2ccc(OC)cc2)c2ccc(-c3ccc(N)cc3)cc2)cc1. The summed E-state index contributed by atoms with van der Waals surface area (Å²) in [7, 11) is 3.35. The van der Waals surface area contributed by atoms with Crippen molar-refractivity contribution in [2.45, 2.75) is 0 Å². The van der Waals surface area contributed by atoms with Gasteiger partial charge in [0.25, 0.3) is 0 Å². The highest BCUT2D eigenvalue weighted by molar-refractivity contribution is 5.78. The molecule has 0 aliphatic heterocycles. The average molecular weight is 396 g/mol. The van der Waals surface area contributed by atoms with Crippen molar-refractivity contribution in [1.82, 2.24) is 0 Å². The highest BCUT2D eigenvalue weighted by Crippen LogP contribution is 2.37. The van der Waals surface area contributed by atoms with E-state index in [0.29, 0.717) is 0 Å². The lowest BCUT2D eigenvalue weighted by atomic mass is 10.0. The fourth-order valence-electron chi connectivity index (χ4n) is 3.39. The minimum Gasteiger partial charge on any atom is -0.497 e. The molecular formula is C26H24N2O2. The van der Waals surface area contributed by atoms with Crippen LogP contribution in [-0.4, -0.2) is 14.2 Å². The second-order valence-electron chi connectivity index (χ2n) is 6.90. The molecule has 0 aliphatic rings. The van der Waals surface area contributed by atoms with Gasteiger partial charge in [0.2, 0.25) is 0 Å². The monoisotopic (exact) mass is 396 g/mol. The zero-order chi connectivity index (χ0) is 20.9. The van der Waals surface area contributed by atoms with Gasteiger partial charge in [0.1, 0.15) is 11.5 Å². The molecule has 0 fully saturated rings. The molecule has 4 heteroatoms. The average Bonchev–Trinajstić information content (AvgIpc) is 2.81. The Bertz CT molecular complexity index is 1040. The Balaban J connectivity index is 1.73. The van der Waals surface area contributed by atoms with Crippen LogP contribution >= 0.6 is 0 Å². The smallest absolute Gasteiger partial charge is 0.119 e. The number of anilines is 4. The number of nitrogen functional groups attached to an aromatic ring is 1. The van der Waals surface area contributed by atoms with Gasteiger partial charge in [-0.3, -0.25) is 0 Å². The van der Waals surface area contributed by atoms with E-state index in [4.69, 9.17) is 15.2 Å². The summed E-state index contributed by atoms with van der Waals surface area (Å²) >= 11 is 0. The first kappa shape index (κ1) is 19.4. The van der Waals surface area contributed by atoms with Crippen molar-refractivity contribution in [2.24, 2.45) is 0 Å². The van der Waals surface area contributed by atoms with Crippen LogP contribution in [0.4, 0.5) is 22.7 Å². The topological polar surface area (TPSA) is 47.7 Å². The molecule has 0 aliphatic carbocycles. The van der Waals surface area contributed by atoms with Gasteiger partial charge in [0.15, 0.2) is 0 Å². The van der Waals surface area contributed by atoms with Gasteiger partial charge >= 0.3 is 0 Å². The number of ether oxygens (including phenoxy) is 2. The van der Waals surface area contributed by atoms with Crippen molar-refractivity contribution in [3.05, 3.63) is 97.1 Å². The van der Waals surface area contributed by atoms with Crippen LogP contribution in [0.3, 0.4) is 0 Å². The van der Waals surface area contributed by atoms with E-state index < -0.39 is 0 Å². The third kappa shape index (κ3) is 4.08. The maximum atomic E-state index is 5.81. The molecule has 4 nitrogen and oxygen atoms in total. The van der Waals surface area contributed by atoms with Crippen LogP contribution in [0.15, 0.2) is 97.1 Å². The van der Waals surface area contributed by atoms with Crippen LogP contribution in [-0.2, 0) is 0 Å².